The molecule has 0 aromatic heterocycles. The number of amides is 4. The molecular formula is C24H47N4O2+. The molecule has 0 aromatic carbocycles. The minimum absolute atomic E-state index is 0.00551. The van der Waals surface area contributed by atoms with Crippen molar-refractivity contribution in [3.63, 3.8) is 0 Å². The zero-order chi connectivity index (χ0) is 23.4. The molecule has 0 saturated heterocycles. The molecule has 6 nitrogen and oxygen atoms in total. The second-order valence-corrected chi connectivity index (χ2v) is 11.3. The van der Waals surface area contributed by atoms with Gasteiger partial charge in [-0.15, -0.1) is 0 Å². The van der Waals surface area contributed by atoms with Crippen LogP contribution in [0.3, 0.4) is 0 Å². The quantitative estimate of drug-likeness (QED) is 0.563. The average Bonchev–Trinajstić information content (AvgIpc) is 2.49. The molecule has 4 amide bonds. The number of carbonyl (C=O) groups is 2. The van der Waals surface area contributed by atoms with Gasteiger partial charge in [-0.1, -0.05) is 20.8 Å². The zero-order valence-corrected chi connectivity index (χ0v) is 21.1. The van der Waals surface area contributed by atoms with Crippen molar-refractivity contribution in [2.45, 2.75) is 119 Å². The number of nitrogens with zero attached hydrogens (tertiary/aromatic N) is 2. The first-order valence-electron chi connectivity index (χ1n) is 11.6. The Morgan fingerprint density at radius 2 is 1.40 bits per heavy atom. The third-order valence-corrected chi connectivity index (χ3v) is 6.05. The van der Waals surface area contributed by atoms with E-state index in [1.165, 1.54) is 0 Å². The predicted octanol–water partition coefficient (Wildman–Crippen LogP) is 5.04. The standard InChI is InChI=1S/C24H46N4O2/c1-16(2)27(17(3)4)21(29)25-15-24(11)13-20(12-23(9,10)14-24)26-22(30)28(18(5)6)19(7)8/h16-20H,1,12-15H2,2-11H3,(H-,25,26,29,30)/p+1. The zero-order valence-electron chi connectivity index (χ0n) is 21.1. The first-order valence-corrected chi connectivity index (χ1v) is 11.6. The van der Waals surface area contributed by atoms with Crippen molar-refractivity contribution in [1.29, 1.82) is 0 Å². The smallest absolute Gasteiger partial charge is 0.321 e. The van der Waals surface area contributed by atoms with E-state index in [-0.39, 0.29) is 53.1 Å². The van der Waals surface area contributed by atoms with Crippen LogP contribution in [-0.2, 0) is 0 Å². The highest BCUT2D eigenvalue weighted by Crippen LogP contribution is 2.45. The predicted molar refractivity (Wildman–Crippen MR) is 125 cm³/mol. The lowest BCUT2D eigenvalue weighted by atomic mass is 9.62. The Morgan fingerprint density at radius 3 is 1.83 bits per heavy atom. The molecular weight excluding hydrogens is 376 g/mol. The van der Waals surface area contributed by atoms with Crippen molar-refractivity contribution < 1.29 is 9.59 Å². The van der Waals surface area contributed by atoms with Crippen molar-refractivity contribution in [3.05, 3.63) is 6.92 Å². The molecule has 174 valence electrons. The van der Waals surface area contributed by atoms with Crippen molar-refractivity contribution in [2.24, 2.45) is 10.8 Å². The van der Waals surface area contributed by atoms with Crippen LogP contribution in [0.25, 0.3) is 0 Å². The van der Waals surface area contributed by atoms with Crippen LogP contribution in [0.5, 0.6) is 0 Å². The summed E-state index contributed by atoms with van der Waals surface area (Å²) >= 11 is 0. The molecule has 6 heteroatoms. The van der Waals surface area contributed by atoms with Gasteiger partial charge in [0, 0.05) is 30.7 Å². The molecule has 1 rings (SSSR count). The molecule has 1 aliphatic rings. The van der Waals surface area contributed by atoms with Gasteiger partial charge in [-0.2, -0.15) is 0 Å². The van der Waals surface area contributed by atoms with Crippen LogP contribution in [0.2, 0.25) is 0 Å². The SMILES string of the molecule is [CH2+]C(C)N(C(=O)NCC1(C)CC(NC(=O)N(C(C)C)C(C)C)CC(C)(C)C1)C(C)C. The summed E-state index contributed by atoms with van der Waals surface area (Å²) in [5.41, 5.74) is 0.0103. The van der Waals surface area contributed by atoms with E-state index in [1.54, 1.807) is 4.90 Å². The van der Waals surface area contributed by atoms with Gasteiger partial charge >= 0.3 is 12.1 Å². The van der Waals surface area contributed by atoms with Crippen molar-refractivity contribution in [2.75, 3.05) is 6.54 Å². The third kappa shape index (κ3) is 7.28. The Hall–Kier alpha value is -1.59. The molecule has 3 atom stereocenters. The topological polar surface area (TPSA) is 64.7 Å². The molecule has 3 unspecified atom stereocenters. The molecule has 0 radical (unpaired) electrons. The largest absolute Gasteiger partial charge is 0.337 e. The van der Waals surface area contributed by atoms with Crippen LogP contribution in [-0.4, -0.2) is 58.6 Å². The second-order valence-electron chi connectivity index (χ2n) is 11.3. The van der Waals surface area contributed by atoms with Crippen molar-refractivity contribution in [1.82, 2.24) is 20.4 Å². The molecule has 0 aliphatic heterocycles. The van der Waals surface area contributed by atoms with E-state index in [0.717, 1.165) is 19.3 Å². The summed E-state index contributed by atoms with van der Waals surface area (Å²) in [7, 11) is 0. The molecule has 2 N–H and O–H groups in total. The summed E-state index contributed by atoms with van der Waals surface area (Å²) in [5, 5.41) is 6.44. The first kappa shape index (κ1) is 26.4. The van der Waals surface area contributed by atoms with E-state index in [1.807, 2.05) is 53.4 Å². The Morgan fingerprint density at radius 1 is 0.900 bits per heavy atom. The lowest BCUT2D eigenvalue weighted by Gasteiger charge is -2.47. The number of urea groups is 2. The highest BCUT2D eigenvalue weighted by molar-refractivity contribution is 5.75. The Kier molecular flexibility index (Phi) is 8.94. The summed E-state index contributed by atoms with van der Waals surface area (Å²) < 4.78 is 0. The van der Waals surface area contributed by atoms with Gasteiger partial charge < -0.3 is 15.5 Å². The molecule has 0 bridgehead atoms. The van der Waals surface area contributed by atoms with Gasteiger partial charge in [0.15, 0.2) is 6.04 Å². The van der Waals surface area contributed by atoms with Crippen LogP contribution in [0.4, 0.5) is 9.59 Å². The normalized spacial score (nSPS) is 24.6. The number of hydrogen-bond donors (Lipinski definition) is 2. The number of hydrogen-bond acceptors (Lipinski definition) is 2. The van der Waals surface area contributed by atoms with Crippen molar-refractivity contribution >= 4 is 12.1 Å². The molecule has 0 spiro atoms. The van der Waals surface area contributed by atoms with E-state index < -0.39 is 0 Å². The summed E-state index contributed by atoms with van der Waals surface area (Å²) in [6.07, 6.45) is 2.81. The van der Waals surface area contributed by atoms with E-state index in [0.29, 0.717) is 6.54 Å². The van der Waals surface area contributed by atoms with Gasteiger partial charge in [-0.3, -0.25) is 4.90 Å². The van der Waals surface area contributed by atoms with E-state index >= 15 is 0 Å². The van der Waals surface area contributed by atoms with Gasteiger partial charge in [0.25, 0.3) is 0 Å². The van der Waals surface area contributed by atoms with Crippen LogP contribution in [0, 0.1) is 17.8 Å². The third-order valence-electron chi connectivity index (χ3n) is 6.05. The molecule has 30 heavy (non-hydrogen) atoms. The summed E-state index contributed by atoms with van der Waals surface area (Å²) in [4.78, 5) is 29.4. The van der Waals surface area contributed by atoms with E-state index in [4.69, 9.17) is 0 Å². The fraction of sp³-hybridized carbons (Fsp3) is 0.875. The Labute approximate surface area is 185 Å². The number of rotatable bonds is 7. The highest BCUT2D eigenvalue weighted by Gasteiger charge is 2.42. The fourth-order valence-electron chi connectivity index (χ4n) is 5.51. The first-order chi connectivity index (χ1) is 13.6. The maximum atomic E-state index is 13.0. The van der Waals surface area contributed by atoms with Gasteiger partial charge in [0.2, 0.25) is 0 Å². The van der Waals surface area contributed by atoms with Crippen LogP contribution in [0.15, 0.2) is 0 Å². The maximum Gasteiger partial charge on any atom is 0.321 e. The molecule has 1 fully saturated rings. The lowest BCUT2D eigenvalue weighted by molar-refractivity contribution is 0.0677. The summed E-state index contributed by atoms with van der Waals surface area (Å²) in [6.45, 7) is 25.5. The number of carbonyl (C=O) groups excluding carboxylic acids is 2. The summed E-state index contributed by atoms with van der Waals surface area (Å²) in [5.74, 6) is 0. The lowest BCUT2D eigenvalue weighted by Crippen LogP contribution is -2.56. The Bertz CT molecular complexity index is 570. The Balaban J connectivity index is 2.88. The monoisotopic (exact) mass is 423 g/mol. The van der Waals surface area contributed by atoms with Crippen molar-refractivity contribution in [3.8, 4) is 0 Å². The average molecular weight is 424 g/mol. The summed E-state index contributed by atoms with van der Waals surface area (Å²) in [6, 6.07) is 0.340. The van der Waals surface area contributed by atoms with Crippen LogP contribution >= 0.6 is 0 Å². The highest BCUT2D eigenvalue weighted by atomic mass is 16.2. The van der Waals surface area contributed by atoms with Gasteiger partial charge in [0.1, 0.15) is 0 Å². The molecule has 0 aromatic rings. The second kappa shape index (κ2) is 10.1. The fourth-order valence-corrected chi connectivity index (χ4v) is 5.51. The van der Waals surface area contributed by atoms with Gasteiger partial charge in [-0.25, -0.2) is 9.59 Å². The minimum atomic E-state index is -0.0920. The minimum Gasteiger partial charge on any atom is -0.337 e. The van der Waals surface area contributed by atoms with E-state index in [9.17, 15) is 9.59 Å². The molecule has 0 heterocycles. The van der Waals surface area contributed by atoms with E-state index in [2.05, 4.69) is 38.3 Å². The number of nitrogens with one attached hydrogen (secondary N) is 2. The van der Waals surface area contributed by atoms with Crippen LogP contribution in [0.1, 0.15) is 88.5 Å². The molecule has 1 aliphatic carbocycles. The molecule has 1 saturated carbocycles. The maximum absolute atomic E-state index is 13.0. The van der Waals surface area contributed by atoms with Gasteiger partial charge in [-0.05, 0) is 78.6 Å². The van der Waals surface area contributed by atoms with Gasteiger partial charge in [0.05, 0.1) is 6.92 Å². The van der Waals surface area contributed by atoms with Crippen LogP contribution < -0.4 is 10.6 Å².